The van der Waals surface area contributed by atoms with E-state index in [2.05, 4.69) is 10.3 Å². The number of nitrogens with two attached hydrogens (primary N) is 1. The SMILES string of the molecule is CC(C)Oc1ccccc1NC(=O)Cc1csc(N)n1. The zero-order chi connectivity index (χ0) is 14.5. The largest absolute Gasteiger partial charge is 0.489 e. The van der Waals surface area contributed by atoms with Crippen LogP contribution in [0, 0.1) is 0 Å². The van der Waals surface area contributed by atoms with Crippen LogP contribution in [0.1, 0.15) is 19.5 Å². The molecular formula is C14H17N3O2S. The minimum atomic E-state index is -0.143. The molecule has 2 rings (SSSR count). The number of hydrogen-bond acceptors (Lipinski definition) is 5. The molecule has 0 unspecified atom stereocenters. The average molecular weight is 291 g/mol. The Morgan fingerprint density at radius 3 is 2.85 bits per heavy atom. The van der Waals surface area contributed by atoms with Crippen molar-refractivity contribution in [1.29, 1.82) is 0 Å². The highest BCUT2D eigenvalue weighted by Gasteiger charge is 2.10. The van der Waals surface area contributed by atoms with Crippen LogP contribution in [0.5, 0.6) is 5.75 Å². The first-order valence-electron chi connectivity index (χ1n) is 6.30. The Labute approximate surface area is 121 Å². The second-order valence-corrected chi connectivity index (χ2v) is 5.45. The maximum atomic E-state index is 12.0. The van der Waals surface area contributed by atoms with E-state index in [-0.39, 0.29) is 18.4 Å². The molecule has 2 aromatic rings. The highest BCUT2D eigenvalue weighted by Crippen LogP contribution is 2.25. The first kappa shape index (κ1) is 14.3. The predicted octanol–water partition coefficient (Wildman–Crippen LogP) is 2.69. The van der Waals surface area contributed by atoms with Gasteiger partial charge in [0.15, 0.2) is 5.13 Å². The van der Waals surface area contributed by atoms with Crippen LogP contribution < -0.4 is 15.8 Å². The van der Waals surface area contributed by atoms with Gasteiger partial charge in [0.2, 0.25) is 5.91 Å². The van der Waals surface area contributed by atoms with Crippen molar-refractivity contribution >= 4 is 28.1 Å². The fourth-order valence-corrected chi connectivity index (χ4v) is 2.25. The van der Waals surface area contributed by atoms with E-state index in [1.54, 1.807) is 5.38 Å². The quantitative estimate of drug-likeness (QED) is 0.888. The van der Waals surface area contributed by atoms with Crippen molar-refractivity contribution in [3.05, 3.63) is 35.3 Å². The highest BCUT2D eigenvalue weighted by atomic mass is 32.1. The second-order valence-electron chi connectivity index (χ2n) is 4.56. The van der Waals surface area contributed by atoms with Crippen molar-refractivity contribution in [3.8, 4) is 5.75 Å². The third kappa shape index (κ3) is 3.96. The Hall–Kier alpha value is -2.08. The minimum absolute atomic E-state index is 0.0476. The Balaban J connectivity index is 2.04. The number of carbonyl (C=O) groups is 1. The molecule has 0 saturated carbocycles. The van der Waals surface area contributed by atoms with Gasteiger partial charge in [0.05, 0.1) is 23.9 Å². The first-order chi connectivity index (χ1) is 9.54. The summed E-state index contributed by atoms with van der Waals surface area (Å²) in [6.07, 6.45) is 0.246. The van der Waals surface area contributed by atoms with E-state index in [1.807, 2.05) is 38.1 Å². The number of nitrogens with zero attached hydrogens (tertiary/aromatic N) is 1. The maximum absolute atomic E-state index is 12.0. The minimum Gasteiger partial charge on any atom is -0.489 e. The number of anilines is 2. The molecular weight excluding hydrogens is 274 g/mol. The summed E-state index contributed by atoms with van der Waals surface area (Å²) in [6.45, 7) is 3.88. The number of rotatable bonds is 5. The predicted molar refractivity (Wildman–Crippen MR) is 81.1 cm³/mol. The standard InChI is InChI=1S/C14H17N3O2S/c1-9(2)19-12-6-4-3-5-11(12)17-13(18)7-10-8-20-14(15)16-10/h3-6,8-9H,7H2,1-2H3,(H2,15,16)(H,17,18). The van der Waals surface area contributed by atoms with Crippen molar-refractivity contribution in [3.63, 3.8) is 0 Å². The molecule has 0 fully saturated rings. The highest BCUT2D eigenvalue weighted by molar-refractivity contribution is 7.13. The summed E-state index contributed by atoms with van der Waals surface area (Å²) in [6, 6.07) is 7.36. The number of aromatic nitrogens is 1. The van der Waals surface area contributed by atoms with Crippen molar-refractivity contribution in [2.24, 2.45) is 0 Å². The van der Waals surface area contributed by atoms with Gasteiger partial charge in [0, 0.05) is 5.38 Å². The number of thiazole rings is 1. The molecule has 0 aliphatic rings. The topological polar surface area (TPSA) is 77.2 Å². The molecule has 0 spiro atoms. The monoisotopic (exact) mass is 291 g/mol. The van der Waals surface area contributed by atoms with Gasteiger partial charge < -0.3 is 15.8 Å². The number of ether oxygens (including phenoxy) is 1. The van der Waals surface area contributed by atoms with Gasteiger partial charge in [-0.1, -0.05) is 12.1 Å². The molecule has 0 atom stereocenters. The van der Waals surface area contributed by atoms with Crippen molar-refractivity contribution in [2.75, 3.05) is 11.1 Å². The molecule has 0 aliphatic carbocycles. The molecule has 1 aromatic heterocycles. The number of carbonyl (C=O) groups excluding carboxylic acids is 1. The lowest BCUT2D eigenvalue weighted by atomic mass is 10.2. The molecule has 0 saturated heterocycles. The summed E-state index contributed by atoms with van der Waals surface area (Å²) >= 11 is 1.33. The van der Waals surface area contributed by atoms with Crippen LogP contribution >= 0.6 is 11.3 Å². The number of para-hydroxylation sites is 2. The zero-order valence-corrected chi connectivity index (χ0v) is 12.2. The molecule has 3 N–H and O–H groups in total. The molecule has 0 aliphatic heterocycles. The molecule has 6 heteroatoms. The van der Waals surface area contributed by atoms with Crippen LogP contribution in [0.4, 0.5) is 10.8 Å². The van der Waals surface area contributed by atoms with E-state index >= 15 is 0 Å². The van der Waals surface area contributed by atoms with Crippen molar-refractivity contribution < 1.29 is 9.53 Å². The molecule has 20 heavy (non-hydrogen) atoms. The molecule has 1 heterocycles. The third-order valence-corrected chi connectivity index (χ3v) is 3.16. The molecule has 0 bridgehead atoms. The summed E-state index contributed by atoms with van der Waals surface area (Å²) in [5.74, 6) is 0.517. The fraction of sp³-hybridized carbons (Fsp3) is 0.286. The summed E-state index contributed by atoms with van der Waals surface area (Å²) in [7, 11) is 0. The van der Waals surface area contributed by atoms with Gasteiger partial charge in [-0.2, -0.15) is 0 Å². The van der Waals surface area contributed by atoms with Gasteiger partial charge in [-0.05, 0) is 26.0 Å². The lowest BCUT2D eigenvalue weighted by molar-refractivity contribution is -0.115. The maximum Gasteiger partial charge on any atom is 0.230 e. The number of hydrogen-bond donors (Lipinski definition) is 2. The van der Waals surface area contributed by atoms with E-state index in [9.17, 15) is 4.79 Å². The van der Waals surface area contributed by atoms with Gasteiger partial charge in [0.25, 0.3) is 0 Å². The van der Waals surface area contributed by atoms with Crippen LogP contribution in [0.3, 0.4) is 0 Å². The Kier molecular flexibility index (Phi) is 4.57. The Morgan fingerprint density at radius 2 is 2.20 bits per heavy atom. The number of amides is 1. The van der Waals surface area contributed by atoms with Gasteiger partial charge in [-0.15, -0.1) is 11.3 Å². The van der Waals surface area contributed by atoms with Crippen LogP contribution in [0.2, 0.25) is 0 Å². The number of nitrogen functional groups attached to an aromatic ring is 1. The lowest BCUT2D eigenvalue weighted by Crippen LogP contribution is -2.16. The van der Waals surface area contributed by atoms with Gasteiger partial charge in [-0.3, -0.25) is 4.79 Å². The summed E-state index contributed by atoms with van der Waals surface area (Å²) < 4.78 is 5.65. The summed E-state index contributed by atoms with van der Waals surface area (Å²) in [5, 5.41) is 5.09. The van der Waals surface area contributed by atoms with Crippen LogP contribution in [-0.4, -0.2) is 17.0 Å². The summed E-state index contributed by atoms with van der Waals surface area (Å²) in [5.41, 5.74) is 6.88. The normalized spacial score (nSPS) is 10.6. The van der Waals surface area contributed by atoms with E-state index in [1.165, 1.54) is 11.3 Å². The first-order valence-corrected chi connectivity index (χ1v) is 7.18. The van der Waals surface area contributed by atoms with Gasteiger partial charge in [0.1, 0.15) is 5.75 Å². The van der Waals surface area contributed by atoms with Crippen molar-refractivity contribution in [2.45, 2.75) is 26.4 Å². The lowest BCUT2D eigenvalue weighted by Gasteiger charge is -2.14. The van der Waals surface area contributed by atoms with Crippen molar-refractivity contribution in [1.82, 2.24) is 4.98 Å². The Morgan fingerprint density at radius 1 is 1.45 bits per heavy atom. The fourth-order valence-electron chi connectivity index (χ4n) is 1.69. The van der Waals surface area contributed by atoms with Gasteiger partial charge in [-0.25, -0.2) is 4.98 Å². The van der Waals surface area contributed by atoms with E-state index in [0.29, 0.717) is 22.3 Å². The zero-order valence-electron chi connectivity index (χ0n) is 11.4. The average Bonchev–Trinajstić information content (AvgIpc) is 2.76. The molecule has 0 radical (unpaired) electrons. The number of benzene rings is 1. The van der Waals surface area contributed by atoms with Crippen LogP contribution in [-0.2, 0) is 11.2 Å². The second kappa shape index (κ2) is 6.38. The van der Waals surface area contributed by atoms with E-state index in [0.717, 1.165) is 0 Å². The summed E-state index contributed by atoms with van der Waals surface area (Å²) in [4.78, 5) is 16.1. The van der Waals surface area contributed by atoms with Gasteiger partial charge >= 0.3 is 0 Å². The molecule has 1 aromatic carbocycles. The molecule has 1 amide bonds. The smallest absolute Gasteiger partial charge is 0.230 e. The van der Waals surface area contributed by atoms with E-state index < -0.39 is 0 Å². The van der Waals surface area contributed by atoms with E-state index in [4.69, 9.17) is 10.5 Å². The third-order valence-electron chi connectivity index (χ3n) is 2.44. The molecule has 106 valence electrons. The number of nitrogens with one attached hydrogen (secondary N) is 1. The Bertz CT molecular complexity index is 596. The van der Waals surface area contributed by atoms with Crippen LogP contribution in [0.25, 0.3) is 0 Å². The molecule has 5 nitrogen and oxygen atoms in total. The van der Waals surface area contributed by atoms with Crippen LogP contribution in [0.15, 0.2) is 29.6 Å².